The van der Waals surface area contributed by atoms with Gasteiger partial charge in [0, 0.05) is 39.5 Å². The van der Waals surface area contributed by atoms with Crippen LogP contribution in [-0.2, 0) is 19.8 Å². The number of hydrogen-bond donors (Lipinski definition) is 2. The van der Waals surface area contributed by atoms with Crippen LogP contribution in [0, 0.1) is 5.92 Å². The summed E-state index contributed by atoms with van der Waals surface area (Å²) in [5.41, 5.74) is 2.31. The summed E-state index contributed by atoms with van der Waals surface area (Å²) in [6.07, 6.45) is 9.18. The molecule has 1 aliphatic heterocycles. The summed E-state index contributed by atoms with van der Waals surface area (Å²) < 4.78 is 0. The van der Waals surface area contributed by atoms with E-state index in [-0.39, 0.29) is 43.7 Å². The number of hydrogen-bond acceptors (Lipinski definition) is 4. The highest BCUT2D eigenvalue weighted by molar-refractivity contribution is 5.86. The second-order valence-corrected chi connectivity index (χ2v) is 13.1. The minimum absolute atomic E-state index is 0.0511. The molecule has 2 N–H and O–H groups in total. The van der Waals surface area contributed by atoms with Gasteiger partial charge in [-0.25, -0.2) is 0 Å². The highest BCUT2D eigenvalue weighted by Crippen LogP contribution is 2.42. The van der Waals surface area contributed by atoms with Crippen molar-refractivity contribution in [2.24, 2.45) is 5.92 Å². The van der Waals surface area contributed by atoms with Gasteiger partial charge in [0.25, 0.3) is 0 Å². The van der Waals surface area contributed by atoms with E-state index < -0.39 is 5.41 Å². The molecule has 0 bridgehead atoms. The first kappa shape index (κ1) is 35.9. The fourth-order valence-corrected chi connectivity index (χ4v) is 6.82. The predicted molar refractivity (Wildman–Crippen MR) is 190 cm³/mol. The number of piperidine rings is 1. The van der Waals surface area contributed by atoms with Crippen LogP contribution in [0.15, 0.2) is 91.0 Å². The lowest BCUT2D eigenvalue weighted by Gasteiger charge is -2.36. The summed E-state index contributed by atoms with van der Waals surface area (Å²) >= 11 is 0. The molecule has 0 radical (unpaired) electrons. The molecule has 7 heteroatoms. The zero-order chi connectivity index (χ0) is 33.3. The van der Waals surface area contributed by atoms with Crippen molar-refractivity contribution >= 4 is 17.7 Å². The Labute approximate surface area is 282 Å². The van der Waals surface area contributed by atoms with Crippen molar-refractivity contribution in [2.45, 2.75) is 70.1 Å². The number of carbonyl (C=O) groups excluding carboxylic acids is 3. The molecule has 1 fully saturated rings. The Bertz CT molecular complexity index is 1270. The maximum atomic E-state index is 13.8. The summed E-state index contributed by atoms with van der Waals surface area (Å²) in [7, 11) is 1.67. The number of nitrogens with zero attached hydrogens (tertiary/aromatic N) is 2. The monoisotopic (exact) mass is 638 g/mol. The molecule has 3 amide bonds. The van der Waals surface area contributed by atoms with E-state index in [0.717, 1.165) is 42.7 Å². The van der Waals surface area contributed by atoms with E-state index in [1.54, 1.807) is 7.05 Å². The Morgan fingerprint density at radius 1 is 0.787 bits per heavy atom. The van der Waals surface area contributed by atoms with Crippen LogP contribution >= 0.6 is 0 Å². The van der Waals surface area contributed by atoms with Crippen LogP contribution in [0.5, 0.6) is 0 Å². The number of nitrogens with one attached hydrogen (secondary N) is 2. The SMILES string of the molecule is CCCCCCCN1CCC[C@H](CNC(=O)CCNC(=O)CN(C)C(=O)CC(c2ccccc2)(c2ccccc2)c2ccccc2)C1. The lowest BCUT2D eigenvalue weighted by Crippen LogP contribution is -2.43. The Morgan fingerprint density at radius 3 is 1.94 bits per heavy atom. The van der Waals surface area contributed by atoms with E-state index in [9.17, 15) is 14.4 Å². The molecule has 4 rings (SSSR count). The molecule has 0 unspecified atom stereocenters. The minimum atomic E-state index is -0.728. The molecule has 7 nitrogen and oxygen atoms in total. The van der Waals surface area contributed by atoms with Crippen LogP contribution in [0.1, 0.15) is 81.4 Å². The lowest BCUT2D eigenvalue weighted by molar-refractivity contribution is -0.135. The van der Waals surface area contributed by atoms with Crippen molar-refractivity contribution in [1.82, 2.24) is 20.4 Å². The third-order valence-corrected chi connectivity index (χ3v) is 9.47. The molecule has 47 heavy (non-hydrogen) atoms. The van der Waals surface area contributed by atoms with Crippen LogP contribution in [0.3, 0.4) is 0 Å². The Balaban J connectivity index is 1.26. The summed E-state index contributed by atoms with van der Waals surface area (Å²) in [5.74, 6) is 0.00865. The lowest BCUT2D eigenvalue weighted by atomic mass is 9.67. The van der Waals surface area contributed by atoms with E-state index >= 15 is 0 Å². The average molecular weight is 639 g/mol. The van der Waals surface area contributed by atoms with Crippen molar-refractivity contribution in [3.05, 3.63) is 108 Å². The molecule has 1 saturated heterocycles. The third-order valence-electron chi connectivity index (χ3n) is 9.47. The van der Waals surface area contributed by atoms with Gasteiger partial charge in [-0.05, 0) is 55.0 Å². The highest BCUT2D eigenvalue weighted by atomic mass is 16.2. The van der Waals surface area contributed by atoms with Crippen LogP contribution in [0.4, 0.5) is 0 Å². The van der Waals surface area contributed by atoms with Crippen LogP contribution in [0.2, 0.25) is 0 Å². The second-order valence-electron chi connectivity index (χ2n) is 13.1. The molecule has 1 atom stereocenters. The topological polar surface area (TPSA) is 81.8 Å². The van der Waals surface area contributed by atoms with Crippen molar-refractivity contribution in [2.75, 3.05) is 46.3 Å². The van der Waals surface area contributed by atoms with Crippen molar-refractivity contribution < 1.29 is 14.4 Å². The van der Waals surface area contributed by atoms with Crippen LogP contribution in [-0.4, -0.2) is 73.8 Å². The fourth-order valence-electron chi connectivity index (χ4n) is 6.82. The molecule has 0 aromatic heterocycles. The van der Waals surface area contributed by atoms with Gasteiger partial charge in [0.05, 0.1) is 12.0 Å². The third kappa shape index (κ3) is 10.8. The normalized spacial score (nSPS) is 15.1. The number of unbranched alkanes of at least 4 members (excludes halogenated alkanes) is 4. The molecule has 0 spiro atoms. The molecule has 1 aliphatic rings. The Morgan fingerprint density at radius 2 is 1.36 bits per heavy atom. The van der Waals surface area contributed by atoms with E-state index in [0.29, 0.717) is 12.5 Å². The number of carbonyl (C=O) groups is 3. The number of benzene rings is 3. The van der Waals surface area contributed by atoms with E-state index in [2.05, 4.69) is 58.9 Å². The molecule has 1 heterocycles. The standard InChI is InChI=1S/C40H54N4O3/c1-3-4-5-6-16-27-44-28-17-18-33(31-44)30-42-37(45)25-26-41-38(46)32-43(2)39(47)29-40(34-19-10-7-11-20-34,35-21-12-8-13-22-35)36-23-14-9-15-24-36/h7-15,19-24,33H,3-6,16-18,25-32H2,1-2H3,(H,41,46)(H,42,45)/t33-/m1/s1. The van der Waals surface area contributed by atoms with Gasteiger partial charge < -0.3 is 20.4 Å². The first-order valence-corrected chi connectivity index (χ1v) is 17.6. The first-order valence-electron chi connectivity index (χ1n) is 17.6. The molecule has 252 valence electrons. The molecule has 0 aliphatic carbocycles. The van der Waals surface area contributed by atoms with Crippen LogP contribution in [0.25, 0.3) is 0 Å². The van der Waals surface area contributed by atoms with Crippen molar-refractivity contribution in [3.8, 4) is 0 Å². The molecule has 3 aromatic rings. The van der Waals surface area contributed by atoms with E-state index in [4.69, 9.17) is 0 Å². The summed E-state index contributed by atoms with van der Waals surface area (Å²) in [4.78, 5) is 43.3. The minimum Gasteiger partial charge on any atom is -0.356 e. The zero-order valence-electron chi connectivity index (χ0n) is 28.5. The van der Waals surface area contributed by atoms with Gasteiger partial charge in [-0.1, -0.05) is 124 Å². The first-order chi connectivity index (χ1) is 22.9. The fraction of sp³-hybridized carbons (Fsp3) is 0.475. The summed E-state index contributed by atoms with van der Waals surface area (Å²) in [6, 6.07) is 30.3. The number of amides is 3. The molecular formula is C40H54N4O3. The smallest absolute Gasteiger partial charge is 0.239 e. The number of rotatable bonds is 18. The summed E-state index contributed by atoms with van der Waals surface area (Å²) in [6.45, 7) is 6.45. The molecule has 3 aromatic carbocycles. The molecular weight excluding hydrogens is 584 g/mol. The Hall–Kier alpha value is -3.97. The van der Waals surface area contributed by atoms with Gasteiger partial charge in [-0.2, -0.15) is 0 Å². The van der Waals surface area contributed by atoms with E-state index in [1.807, 2.05) is 54.6 Å². The van der Waals surface area contributed by atoms with Gasteiger partial charge in [0.1, 0.15) is 0 Å². The zero-order valence-corrected chi connectivity index (χ0v) is 28.5. The van der Waals surface area contributed by atoms with Gasteiger partial charge >= 0.3 is 0 Å². The summed E-state index contributed by atoms with van der Waals surface area (Å²) in [5, 5.41) is 5.92. The van der Waals surface area contributed by atoms with Gasteiger partial charge in [0.2, 0.25) is 17.7 Å². The predicted octanol–water partition coefficient (Wildman–Crippen LogP) is 6.17. The Kier molecular flexibility index (Phi) is 14.5. The maximum absolute atomic E-state index is 13.8. The van der Waals surface area contributed by atoms with Gasteiger partial charge in [-0.15, -0.1) is 0 Å². The average Bonchev–Trinajstić information content (AvgIpc) is 3.11. The number of likely N-dealkylation sites (N-methyl/N-ethyl adjacent to an activating group) is 1. The second kappa shape index (κ2) is 19.0. The highest BCUT2D eigenvalue weighted by Gasteiger charge is 2.39. The largest absolute Gasteiger partial charge is 0.356 e. The van der Waals surface area contributed by atoms with Crippen molar-refractivity contribution in [3.63, 3.8) is 0 Å². The quantitative estimate of drug-likeness (QED) is 0.129. The van der Waals surface area contributed by atoms with Crippen molar-refractivity contribution in [1.29, 1.82) is 0 Å². The van der Waals surface area contributed by atoms with Gasteiger partial charge in [0.15, 0.2) is 0 Å². The molecule has 0 saturated carbocycles. The van der Waals surface area contributed by atoms with Gasteiger partial charge in [-0.3, -0.25) is 14.4 Å². The van der Waals surface area contributed by atoms with Crippen LogP contribution < -0.4 is 10.6 Å². The number of likely N-dealkylation sites (tertiary alicyclic amines) is 1. The maximum Gasteiger partial charge on any atom is 0.239 e. The van der Waals surface area contributed by atoms with E-state index in [1.165, 1.54) is 43.4 Å².